The van der Waals surface area contributed by atoms with E-state index in [0.29, 0.717) is 11.6 Å². The lowest BCUT2D eigenvalue weighted by Gasteiger charge is -2.46. The van der Waals surface area contributed by atoms with Crippen molar-refractivity contribution in [3.8, 4) is 0 Å². The van der Waals surface area contributed by atoms with Gasteiger partial charge in [-0.05, 0) is 43.4 Å². The fourth-order valence-corrected chi connectivity index (χ4v) is 4.45. The van der Waals surface area contributed by atoms with E-state index >= 15 is 0 Å². The lowest BCUT2D eigenvalue weighted by atomic mass is 9.90. The van der Waals surface area contributed by atoms with Crippen molar-refractivity contribution in [3.63, 3.8) is 0 Å². The number of rotatable bonds is 5. The molecule has 0 amide bonds. The van der Waals surface area contributed by atoms with Gasteiger partial charge in [0.25, 0.3) is 0 Å². The first-order valence-corrected chi connectivity index (χ1v) is 9.75. The molecule has 1 aromatic rings. The zero-order chi connectivity index (χ0) is 14.5. The molecule has 1 aromatic carbocycles. The van der Waals surface area contributed by atoms with Gasteiger partial charge in [-0.25, -0.2) is 0 Å². The molecule has 0 aromatic heterocycles. The van der Waals surface area contributed by atoms with Crippen molar-refractivity contribution in [2.45, 2.75) is 43.7 Å². The molecule has 1 N–H and O–H groups in total. The van der Waals surface area contributed by atoms with Gasteiger partial charge in [-0.15, -0.1) is 0 Å². The van der Waals surface area contributed by atoms with Gasteiger partial charge >= 0.3 is 0 Å². The monoisotopic (exact) mass is 304 g/mol. The average Bonchev–Trinajstić information content (AvgIpc) is 2.97. The summed E-state index contributed by atoms with van der Waals surface area (Å²) in [6.45, 7) is 3.59. The molecule has 1 aliphatic carbocycles. The molecule has 1 saturated heterocycles. The molecule has 1 atom stereocenters. The Morgan fingerprint density at radius 2 is 2.00 bits per heavy atom. The first-order valence-electron chi connectivity index (χ1n) is 8.36. The first-order chi connectivity index (χ1) is 10.3. The molecular weight excluding hydrogens is 276 g/mol. The zero-order valence-electron chi connectivity index (χ0n) is 13.2. The predicted octanol–water partition coefficient (Wildman–Crippen LogP) is 3.70. The van der Waals surface area contributed by atoms with Gasteiger partial charge in [-0.1, -0.05) is 43.2 Å². The van der Waals surface area contributed by atoms with Gasteiger partial charge in [-0.3, -0.25) is 4.90 Å². The van der Waals surface area contributed by atoms with E-state index < -0.39 is 0 Å². The summed E-state index contributed by atoms with van der Waals surface area (Å²) in [5, 5.41) is 3.92. The minimum absolute atomic E-state index is 0.421. The Hall–Kier alpha value is -0.510. The molecule has 1 unspecified atom stereocenters. The van der Waals surface area contributed by atoms with Crippen molar-refractivity contribution in [1.82, 2.24) is 10.2 Å². The number of nitrogens with one attached hydrogen (secondary N) is 1. The Morgan fingerprint density at radius 1 is 1.24 bits per heavy atom. The second-order valence-corrected chi connectivity index (χ2v) is 7.60. The fourth-order valence-electron chi connectivity index (χ4n) is 4.03. The average molecular weight is 305 g/mol. The predicted molar refractivity (Wildman–Crippen MR) is 93.0 cm³/mol. The van der Waals surface area contributed by atoms with E-state index in [1.807, 2.05) is 11.8 Å². The van der Waals surface area contributed by atoms with Crippen molar-refractivity contribution in [2.24, 2.45) is 0 Å². The fraction of sp³-hybridized carbons (Fsp3) is 0.667. The van der Waals surface area contributed by atoms with Crippen LogP contribution in [0.15, 0.2) is 30.3 Å². The molecule has 116 valence electrons. The van der Waals surface area contributed by atoms with Crippen molar-refractivity contribution >= 4 is 11.8 Å². The lowest BCUT2D eigenvalue weighted by molar-refractivity contribution is 0.0806. The molecule has 21 heavy (non-hydrogen) atoms. The third-order valence-electron chi connectivity index (χ3n) is 5.16. The number of hydrogen-bond acceptors (Lipinski definition) is 3. The summed E-state index contributed by atoms with van der Waals surface area (Å²) in [6.07, 6.45) is 9.07. The van der Waals surface area contributed by atoms with Gasteiger partial charge in [-0.2, -0.15) is 11.8 Å². The van der Waals surface area contributed by atoms with Gasteiger partial charge in [0.05, 0.1) is 0 Å². The molecule has 2 fully saturated rings. The van der Waals surface area contributed by atoms with Gasteiger partial charge in [0.1, 0.15) is 0 Å². The number of nitrogens with zero attached hydrogens (tertiary/aromatic N) is 1. The maximum Gasteiger partial charge on any atom is 0.0473 e. The Labute approximate surface area is 133 Å². The molecule has 0 radical (unpaired) electrons. The standard InChI is InChI=1S/C18H28N2S/c1-21-13-7-12-20-15-18(10-5-6-11-18)19-14-17(20)16-8-3-2-4-9-16/h2-4,8-9,17,19H,5-7,10-15H2,1H3. The van der Waals surface area contributed by atoms with Crippen LogP contribution in [0.2, 0.25) is 0 Å². The number of hydrogen-bond donors (Lipinski definition) is 1. The third kappa shape index (κ3) is 3.64. The van der Waals surface area contributed by atoms with Crippen molar-refractivity contribution in [1.29, 1.82) is 0 Å². The van der Waals surface area contributed by atoms with Crippen molar-refractivity contribution in [3.05, 3.63) is 35.9 Å². The molecule has 1 saturated carbocycles. The molecule has 0 bridgehead atoms. The quantitative estimate of drug-likeness (QED) is 0.835. The smallest absolute Gasteiger partial charge is 0.0473 e. The maximum atomic E-state index is 3.92. The Kier molecular flexibility index (Phi) is 5.25. The van der Waals surface area contributed by atoms with Crippen LogP contribution in [-0.4, -0.2) is 42.1 Å². The lowest BCUT2D eigenvalue weighted by Crippen LogP contribution is -2.60. The third-order valence-corrected chi connectivity index (χ3v) is 5.85. The van der Waals surface area contributed by atoms with Crippen LogP contribution in [-0.2, 0) is 0 Å². The van der Waals surface area contributed by atoms with Crippen LogP contribution in [0.1, 0.15) is 43.7 Å². The molecular formula is C18H28N2S. The van der Waals surface area contributed by atoms with E-state index in [9.17, 15) is 0 Å². The maximum absolute atomic E-state index is 3.92. The first kappa shape index (κ1) is 15.4. The number of thioether (sulfide) groups is 1. The Morgan fingerprint density at radius 3 is 2.71 bits per heavy atom. The van der Waals surface area contributed by atoms with Crippen LogP contribution in [0.25, 0.3) is 0 Å². The van der Waals surface area contributed by atoms with Gasteiger partial charge in [0.2, 0.25) is 0 Å². The zero-order valence-corrected chi connectivity index (χ0v) is 14.0. The Bertz CT molecular complexity index is 428. The molecule has 2 nitrogen and oxygen atoms in total. The highest BCUT2D eigenvalue weighted by Gasteiger charge is 2.41. The van der Waals surface area contributed by atoms with Gasteiger partial charge < -0.3 is 5.32 Å². The van der Waals surface area contributed by atoms with E-state index in [-0.39, 0.29) is 0 Å². The van der Waals surface area contributed by atoms with Crippen LogP contribution in [0.4, 0.5) is 0 Å². The van der Waals surface area contributed by atoms with Gasteiger partial charge in [0.15, 0.2) is 0 Å². The second-order valence-electron chi connectivity index (χ2n) is 6.61. The topological polar surface area (TPSA) is 15.3 Å². The molecule has 1 aliphatic heterocycles. The van der Waals surface area contributed by atoms with Crippen molar-refractivity contribution in [2.75, 3.05) is 31.6 Å². The minimum atomic E-state index is 0.421. The molecule has 3 rings (SSSR count). The van der Waals surface area contributed by atoms with E-state index in [2.05, 4.69) is 46.8 Å². The SMILES string of the molecule is CSCCCN1CC2(CCCC2)NCC1c1ccccc1. The highest BCUT2D eigenvalue weighted by molar-refractivity contribution is 7.98. The summed E-state index contributed by atoms with van der Waals surface area (Å²) in [4.78, 5) is 2.76. The summed E-state index contributed by atoms with van der Waals surface area (Å²) in [5.74, 6) is 1.28. The summed E-state index contributed by atoms with van der Waals surface area (Å²) in [6, 6.07) is 11.6. The summed E-state index contributed by atoms with van der Waals surface area (Å²) < 4.78 is 0. The van der Waals surface area contributed by atoms with E-state index in [4.69, 9.17) is 0 Å². The number of benzene rings is 1. The molecule has 1 heterocycles. The normalized spacial score (nSPS) is 25.5. The number of piperazine rings is 1. The summed E-state index contributed by atoms with van der Waals surface area (Å²) >= 11 is 1.97. The highest BCUT2D eigenvalue weighted by Crippen LogP contribution is 2.36. The van der Waals surface area contributed by atoms with Crippen LogP contribution in [0.3, 0.4) is 0 Å². The van der Waals surface area contributed by atoms with Crippen LogP contribution in [0.5, 0.6) is 0 Å². The minimum Gasteiger partial charge on any atom is -0.308 e. The Balaban J connectivity index is 1.72. The second kappa shape index (κ2) is 7.17. The van der Waals surface area contributed by atoms with Gasteiger partial charge in [0, 0.05) is 24.7 Å². The summed E-state index contributed by atoms with van der Waals surface area (Å²) in [5.41, 5.74) is 1.90. The summed E-state index contributed by atoms with van der Waals surface area (Å²) in [7, 11) is 0. The largest absolute Gasteiger partial charge is 0.308 e. The van der Waals surface area contributed by atoms with Crippen LogP contribution in [0, 0.1) is 0 Å². The molecule has 3 heteroatoms. The van der Waals surface area contributed by atoms with Crippen LogP contribution >= 0.6 is 11.8 Å². The van der Waals surface area contributed by atoms with E-state index in [0.717, 1.165) is 6.54 Å². The van der Waals surface area contributed by atoms with Crippen molar-refractivity contribution < 1.29 is 0 Å². The highest BCUT2D eigenvalue weighted by atomic mass is 32.2. The van der Waals surface area contributed by atoms with E-state index in [1.165, 1.54) is 56.5 Å². The molecule has 1 spiro atoms. The van der Waals surface area contributed by atoms with Crippen LogP contribution < -0.4 is 5.32 Å². The van der Waals surface area contributed by atoms with E-state index in [1.54, 1.807) is 0 Å². The molecule has 2 aliphatic rings.